The van der Waals surface area contributed by atoms with Gasteiger partial charge < -0.3 is 10.6 Å². The molecule has 98 valence electrons. The number of hydrogen-bond acceptors (Lipinski definition) is 2. The summed E-state index contributed by atoms with van der Waals surface area (Å²) in [6, 6.07) is 7.39. The molecule has 0 fully saturated rings. The minimum atomic E-state index is 0.00487. The maximum Gasteiger partial charge on any atom is 0.229 e. The number of hydrogen-bond donors (Lipinski definition) is 1. The molecule has 1 unspecified atom stereocenters. The molecular formula is C14H20N2OS. The van der Waals surface area contributed by atoms with E-state index in [1.807, 2.05) is 45.0 Å². The summed E-state index contributed by atoms with van der Waals surface area (Å²) in [5.41, 5.74) is 7.20. The summed E-state index contributed by atoms with van der Waals surface area (Å²) in [5.74, 6) is 0.453. The normalized spacial score (nSPS) is 12.3. The third-order valence-corrected chi connectivity index (χ3v) is 3.49. The number of rotatable bonds is 4. The number of amides is 1. The third-order valence-electron chi connectivity index (χ3n) is 3.26. The van der Waals surface area contributed by atoms with Crippen molar-refractivity contribution < 1.29 is 4.79 Å². The zero-order chi connectivity index (χ0) is 13.9. The first-order chi connectivity index (χ1) is 8.34. The SMILES string of the molecule is CC(C)C(C)C(=O)N(C)c1ccc(C(N)=S)cc1. The van der Waals surface area contributed by atoms with E-state index in [0.29, 0.717) is 10.9 Å². The fourth-order valence-electron chi connectivity index (χ4n) is 1.57. The Kier molecular flexibility index (Phi) is 4.84. The number of anilines is 1. The van der Waals surface area contributed by atoms with Crippen LogP contribution in [0.25, 0.3) is 0 Å². The van der Waals surface area contributed by atoms with Crippen LogP contribution >= 0.6 is 12.2 Å². The van der Waals surface area contributed by atoms with E-state index in [1.165, 1.54) is 0 Å². The maximum absolute atomic E-state index is 12.2. The molecule has 0 bridgehead atoms. The lowest BCUT2D eigenvalue weighted by Crippen LogP contribution is -2.33. The van der Waals surface area contributed by atoms with Crippen LogP contribution in [0, 0.1) is 11.8 Å². The second-order valence-electron chi connectivity index (χ2n) is 4.84. The second-order valence-corrected chi connectivity index (χ2v) is 5.28. The Labute approximate surface area is 114 Å². The van der Waals surface area contributed by atoms with Gasteiger partial charge in [-0.05, 0) is 30.2 Å². The zero-order valence-electron chi connectivity index (χ0n) is 11.3. The first kappa shape index (κ1) is 14.6. The topological polar surface area (TPSA) is 46.3 Å². The van der Waals surface area contributed by atoms with Crippen LogP contribution in [0.1, 0.15) is 26.3 Å². The van der Waals surface area contributed by atoms with Gasteiger partial charge in [-0.2, -0.15) is 0 Å². The van der Waals surface area contributed by atoms with Crippen molar-refractivity contribution in [1.82, 2.24) is 0 Å². The van der Waals surface area contributed by atoms with E-state index in [1.54, 1.807) is 11.9 Å². The van der Waals surface area contributed by atoms with Crippen LogP contribution < -0.4 is 10.6 Å². The average molecular weight is 264 g/mol. The molecule has 18 heavy (non-hydrogen) atoms. The molecule has 3 nitrogen and oxygen atoms in total. The van der Waals surface area contributed by atoms with Gasteiger partial charge in [-0.15, -0.1) is 0 Å². The second kappa shape index (κ2) is 5.96. The Bertz CT molecular complexity index is 440. The maximum atomic E-state index is 12.2. The van der Waals surface area contributed by atoms with E-state index < -0.39 is 0 Å². The highest BCUT2D eigenvalue weighted by atomic mass is 32.1. The van der Waals surface area contributed by atoms with E-state index in [-0.39, 0.29) is 11.8 Å². The zero-order valence-corrected chi connectivity index (χ0v) is 12.1. The molecule has 0 aliphatic carbocycles. The van der Waals surface area contributed by atoms with Gasteiger partial charge in [0.2, 0.25) is 5.91 Å². The average Bonchev–Trinajstić information content (AvgIpc) is 2.36. The number of nitrogens with zero attached hydrogens (tertiary/aromatic N) is 1. The van der Waals surface area contributed by atoms with Gasteiger partial charge >= 0.3 is 0 Å². The molecule has 0 heterocycles. The van der Waals surface area contributed by atoms with Crippen molar-refractivity contribution in [3.8, 4) is 0 Å². The molecule has 0 aromatic heterocycles. The molecule has 0 saturated heterocycles. The quantitative estimate of drug-likeness (QED) is 0.850. The fourth-order valence-corrected chi connectivity index (χ4v) is 1.70. The van der Waals surface area contributed by atoms with Gasteiger partial charge in [0, 0.05) is 24.2 Å². The van der Waals surface area contributed by atoms with Crippen LogP contribution in [-0.2, 0) is 4.79 Å². The first-order valence-corrected chi connectivity index (χ1v) is 6.43. The van der Waals surface area contributed by atoms with Crippen LogP contribution in [0.3, 0.4) is 0 Å². The Balaban J connectivity index is 2.87. The van der Waals surface area contributed by atoms with E-state index >= 15 is 0 Å². The summed E-state index contributed by atoms with van der Waals surface area (Å²) in [5, 5.41) is 0. The van der Waals surface area contributed by atoms with Crippen molar-refractivity contribution in [2.75, 3.05) is 11.9 Å². The van der Waals surface area contributed by atoms with E-state index in [9.17, 15) is 4.79 Å². The molecule has 0 spiro atoms. The minimum absolute atomic E-state index is 0.00487. The van der Waals surface area contributed by atoms with Crippen LogP contribution in [-0.4, -0.2) is 17.9 Å². The molecule has 1 amide bonds. The van der Waals surface area contributed by atoms with Crippen LogP contribution in [0.15, 0.2) is 24.3 Å². The predicted octanol–water partition coefficient (Wildman–Crippen LogP) is 2.58. The van der Waals surface area contributed by atoms with E-state index in [0.717, 1.165) is 11.3 Å². The lowest BCUT2D eigenvalue weighted by atomic mass is 9.96. The lowest BCUT2D eigenvalue weighted by Gasteiger charge is -2.23. The monoisotopic (exact) mass is 264 g/mol. The van der Waals surface area contributed by atoms with Crippen molar-refractivity contribution in [3.05, 3.63) is 29.8 Å². The largest absolute Gasteiger partial charge is 0.389 e. The van der Waals surface area contributed by atoms with Gasteiger partial charge in [0.1, 0.15) is 4.99 Å². The van der Waals surface area contributed by atoms with E-state index in [2.05, 4.69) is 0 Å². The highest BCUT2D eigenvalue weighted by Crippen LogP contribution is 2.19. The number of carbonyl (C=O) groups is 1. The molecule has 2 N–H and O–H groups in total. The summed E-state index contributed by atoms with van der Waals surface area (Å²) in [7, 11) is 1.79. The highest BCUT2D eigenvalue weighted by Gasteiger charge is 2.21. The Morgan fingerprint density at radius 1 is 1.22 bits per heavy atom. The van der Waals surface area contributed by atoms with Crippen molar-refractivity contribution in [1.29, 1.82) is 0 Å². The van der Waals surface area contributed by atoms with Gasteiger partial charge in [0.25, 0.3) is 0 Å². The summed E-state index contributed by atoms with van der Waals surface area (Å²) < 4.78 is 0. The van der Waals surface area contributed by atoms with Gasteiger partial charge in [0.15, 0.2) is 0 Å². The summed E-state index contributed by atoms with van der Waals surface area (Å²) in [4.78, 5) is 14.2. The molecule has 0 saturated carbocycles. The molecule has 1 aromatic rings. The minimum Gasteiger partial charge on any atom is -0.389 e. The summed E-state index contributed by atoms with van der Waals surface area (Å²) in [6.45, 7) is 6.05. The number of thiocarbonyl (C=S) groups is 1. The van der Waals surface area contributed by atoms with Crippen LogP contribution in [0.4, 0.5) is 5.69 Å². The first-order valence-electron chi connectivity index (χ1n) is 6.02. The third kappa shape index (κ3) is 3.29. The van der Waals surface area contributed by atoms with Gasteiger partial charge in [-0.25, -0.2) is 0 Å². The lowest BCUT2D eigenvalue weighted by molar-refractivity contribution is -0.122. The molecule has 4 heteroatoms. The molecule has 1 rings (SSSR count). The highest BCUT2D eigenvalue weighted by molar-refractivity contribution is 7.80. The van der Waals surface area contributed by atoms with Gasteiger partial charge in [0.05, 0.1) is 0 Å². The van der Waals surface area contributed by atoms with Crippen molar-refractivity contribution in [2.45, 2.75) is 20.8 Å². The number of carbonyl (C=O) groups excluding carboxylic acids is 1. The fraction of sp³-hybridized carbons (Fsp3) is 0.429. The number of nitrogens with two attached hydrogens (primary N) is 1. The van der Waals surface area contributed by atoms with Crippen LogP contribution in [0.2, 0.25) is 0 Å². The molecule has 0 aliphatic heterocycles. The predicted molar refractivity (Wildman–Crippen MR) is 79.7 cm³/mol. The Hall–Kier alpha value is -1.42. The van der Waals surface area contributed by atoms with Gasteiger partial charge in [-0.3, -0.25) is 4.79 Å². The summed E-state index contributed by atoms with van der Waals surface area (Å²) in [6.07, 6.45) is 0. The standard InChI is InChI=1S/C14H20N2OS/c1-9(2)10(3)14(17)16(4)12-7-5-11(6-8-12)13(15)18/h5-10H,1-4H3,(H2,15,18). The summed E-state index contributed by atoms with van der Waals surface area (Å²) >= 11 is 4.90. The molecule has 1 atom stereocenters. The van der Waals surface area contributed by atoms with Crippen molar-refractivity contribution >= 4 is 28.8 Å². The Morgan fingerprint density at radius 2 is 1.72 bits per heavy atom. The Morgan fingerprint density at radius 3 is 2.11 bits per heavy atom. The molecule has 0 radical (unpaired) electrons. The molecular weight excluding hydrogens is 244 g/mol. The smallest absolute Gasteiger partial charge is 0.229 e. The van der Waals surface area contributed by atoms with Crippen LogP contribution in [0.5, 0.6) is 0 Å². The van der Waals surface area contributed by atoms with Gasteiger partial charge in [-0.1, -0.05) is 33.0 Å². The van der Waals surface area contributed by atoms with Crippen molar-refractivity contribution in [2.24, 2.45) is 17.6 Å². The van der Waals surface area contributed by atoms with E-state index in [4.69, 9.17) is 18.0 Å². The number of benzene rings is 1. The molecule has 1 aromatic carbocycles. The van der Waals surface area contributed by atoms with Crippen molar-refractivity contribution in [3.63, 3.8) is 0 Å². The molecule has 0 aliphatic rings.